The Labute approximate surface area is 146 Å². The first-order valence-electron chi connectivity index (χ1n) is 8.72. The van der Waals surface area contributed by atoms with Crippen LogP contribution in [0.2, 0.25) is 0 Å². The van der Waals surface area contributed by atoms with Crippen molar-refractivity contribution >= 4 is 17.5 Å². The number of ether oxygens (including phenoxy) is 1. The van der Waals surface area contributed by atoms with Crippen LogP contribution in [0.4, 0.5) is 10.1 Å². The molecule has 0 aromatic heterocycles. The molecule has 0 bridgehead atoms. The van der Waals surface area contributed by atoms with Crippen LogP contribution < -0.4 is 10.2 Å². The topological polar surface area (TPSA) is 61.9 Å². The number of halogens is 1. The van der Waals surface area contributed by atoms with Crippen LogP contribution in [-0.4, -0.2) is 62.1 Å². The summed E-state index contributed by atoms with van der Waals surface area (Å²) in [7, 11) is 1.63. The van der Waals surface area contributed by atoms with E-state index in [0.29, 0.717) is 19.5 Å². The minimum absolute atomic E-state index is 0.147. The van der Waals surface area contributed by atoms with Crippen LogP contribution in [0.3, 0.4) is 0 Å². The molecule has 1 aromatic rings. The normalized spacial score (nSPS) is 23.3. The molecule has 7 heteroatoms. The second-order valence-corrected chi connectivity index (χ2v) is 6.52. The Balaban J connectivity index is 1.53. The van der Waals surface area contributed by atoms with Crippen LogP contribution in [0.25, 0.3) is 0 Å². The van der Waals surface area contributed by atoms with Gasteiger partial charge in [-0.25, -0.2) is 4.39 Å². The van der Waals surface area contributed by atoms with Gasteiger partial charge in [0.2, 0.25) is 11.8 Å². The molecule has 0 spiro atoms. The van der Waals surface area contributed by atoms with Gasteiger partial charge in [0, 0.05) is 26.7 Å². The highest BCUT2D eigenvalue weighted by Crippen LogP contribution is 2.26. The third-order valence-corrected chi connectivity index (χ3v) is 4.85. The quantitative estimate of drug-likeness (QED) is 0.837. The van der Waals surface area contributed by atoms with Crippen molar-refractivity contribution in [3.05, 3.63) is 30.1 Å². The van der Waals surface area contributed by atoms with E-state index in [0.717, 1.165) is 19.4 Å². The molecule has 0 saturated carbocycles. The fourth-order valence-corrected chi connectivity index (χ4v) is 3.38. The standard InChI is InChI=1S/C18H24FN3O3/c1-21(17(23)12-20-11-13-5-4-10-25-13)16-8-9-22(18(16)24)15-7-3-2-6-14(15)19/h2-3,6-7,13,16,20H,4-5,8-12H2,1H3/t13-,16+/m0/s1. The molecule has 1 N–H and O–H groups in total. The maximum atomic E-state index is 13.9. The monoisotopic (exact) mass is 349 g/mol. The molecule has 2 atom stereocenters. The van der Waals surface area contributed by atoms with Gasteiger partial charge in [0.25, 0.3) is 0 Å². The van der Waals surface area contributed by atoms with Gasteiger partial charge in [-0.3, -0.25) is 9.59 Å². The number of rotatable bonds is 6. The summed E-state index contributed by atoms with van der Waals surface area (Å²) in [5, 5.41) is 3.10. The zero-order valence-corrected chi connectivity index (χ0v) is 14.4. The fraction of sp³-hybridized carbons (Fsp3) is 0.556. The van der Waals surface area contributed by atoms with E-state index < -0.39 is 11.9 Å². The van der Waals surface area contributed by atoms with Crippen molar-refractivity contribution in [2.75, 3.05) is 38.2 Å². The van der Waals surface area contributed by atoms with E-state index >= 15 is 0 Å². The Morgan fingerprint density at radius 3 is 2.92 bits per heavy atom. The van der Waals surface area contributed by atoms with E-state index in [2.05, 4.69) is 5.32 Å². The largest absolute Gasteiger partial charge is 0.377 e. The highest BCUT2D eigenvalue weighted by Gasteiger charge is 2.37. The maximum Gasteiger partial charge on any atom is 0.249 e. The summed E-state index contributed by atoms with van der Waals surface area (Å²) in [6, 6.07) is 5.66. The van der Waals surface area contributed by atoms with Gasteiger partial charge >= 0.3 is 0 Å². The van der Waals surface area contributed by atoms with Gasteiger partial charge in [-0.05, 0) is 31.4 Å². The lowest BCUT2D eigenvalue weighted by Gasteiger charge is -2.24. The van der Waals surface area contributed by atoms with Crippen LogP contribution in [0.5, 0.6) is 0 Å². The summed E-state index contributed by atoms with van der Waals surface area (Å²) in [4.78, 5) is 27.8. The molecule has 0 unspecified atom stereocenters. The van der Waals surface area contributed by atoms with Gasteiger partial charge < -0.3 is 19.9 Å². The number of anilines is 1. The molecule has 2 heterocycles. The van der Waals surface area contributed by atoms with Gasteiger partial charge in [-0.15, -0.1) is 0 Å². The van der Waals surface area contributed by atoms with Crippen molar-refractivity contribution in [3.63, 3.8) is 0 Å². The SMILES string of the molecule is CN(C(=O)CNC[C@@H]1CCCO1)[C@@H]1CCN(c2ccccc2F)C1=O. The average Bonchev–Trinajstić information content (AvgIpc) is 3.24. The van der Waals surface area contributed by atoms with E-state index in [-0.39, 0.29) is 30.2 Å². The predicted octanol–water partition coefficient (Wildman–Crippen LogP) is 1.16. The smallest absolute Gasteiger partial charge is 0.249 e. The number of nitrogens with one attached hydrogen (secondary N) is 1. The number of para-hydroxylation sites is 1. The summed E-state index contributed by atoms with van der Waals surface area (Å²) in [5.74, 6) is -0.810. The first kappa shape index (κ1) is 17.8. The molecule has 1 aromatic carbocycles. The highest BCUT2D eigenvalue weighted by atomic mass is 19.1. The highest BCUT2D eigenvalue weighted by molar-refractivity contribution is 6.01. The lowest BCUT2D eigenvalue weighted by molar-refractivity contribution is -0.136. The minimum Gasteiger partial charge on any atom is -0.377 e. The van der Waals surface area contributed by atoms with Gasteiger partial charge in [0.1, 0.15) is 11.9 Å². The van der Waals surface area contributed by atoms with Crippen LogP contribution >= 0.6 is 0 Å². The molecule has 3 rings (SSSR count). The third kappa shape index (κ3) is 3.99. The first-order valence-corrected chi connectivity index (χ1v) is 8.72. The number of hydrogen-bond acceptors (Lipinski definition) is 4. The van der Waals surface area contributed by atoms with Gasteiger partial charge in [-0.2, -0.15) is 0 Å². The molecule has 0 radical (unpaired) electrons. The van der Waals surface area contributed by atoms with Crippen LogP contribution in [0.1, 0.15) is 19.3 Å². The molecule has 2 fully saturated rings. The Bertz CT molecular complexity index is 634. The van der Waals surface area contributed by atoms with Gasteiger partial charge in [0.05, 0.1) is 18.3 Å². The molecular formula is C18H24FN3O3. The number of nitrogens with zero attached hydrogens (tertiary/aromatic N) is 2. The lowest BCUT2D eigenvalue weighted by atomic mass is 10.2. The van der Waals surface area contributed by atoms with Crippen molar-refractivity contribution in [2.45, 2.75) is 31.4 Å². The lowest BCUT2D eigenvalue weighted by Crippen LogP contribution is -2.46. The summed E-state index contributed by atoms with van der Waals surface area (Å²) in [6.07, 6.45) is 2.74. The third-order valence-electron chi connectivity index (χ3n) is 4.85. The van der Waals surface area contributed by atoms with Crippen molar-refractivity contribution in [2.24, 2.45) is 0 Å². The van der Waals surface area contributed by atoms with Crippen molar-refractivity contribution in [3.8, 4) is 0 Å². The van der Waals surface area contributed by atoms with E-state index in [1.54, 1.807) is 25.2 Å². The number of hydrogen-bond donors (Lipinski definition) is 1. The van der Waals surface area contributed by atoms with Crippen molar-refractivity contribution in [1.29, 1.82) is 0 Å². The molecular weight excluding hydrogens is 325 g/mol. The molecule has 2 aliphatic rings. The predicted molar refractivity (Wildman–Crippen MR) is 91.8 cm³/mol. The molecule has 25 heavy (non-hydrogen) atoms. The number of amides is 2. The van der Waals surface area contributed by atoms with Crippen molar-refractivity contribution < 1.29 is 18.7 Å². The van der Waals surface area contributed by atoms with E-state index in [4.69, 9.17) is 4.74 Å². The Morgan fingerprint density at radius 2 is 2.20 bits per heavy atom. The Morgan fingerprint density at radius 1 is 1.40 bits per heavy atom. The summed E-state index contributed by atoms with van der Waals surface area (Å²) < 4.78 is 19.4. The summed E-state index contributed by atoms with van der Waals surface area (Å²) in [6.45, 7) is 1.99. The van der Waals surface area contributed by atoms with Crippen LogP contribution in [0, 0.1) is 5.82 Å². The molecule has 2 saturated heterocycles. The molecule has 0 aliphatic carbocycles. The molecule has 136 valence electrons. The van der Waals surface area contributed by atoms with Crippen molar-refractivity contribution in [1.82, 2.24) is 10.2 Å². The van der Waals surface area contributed by atoms with Gasteiger partial charge in [-0.1, -0.05) is 12.1 Å². The summed E-state index contributed by atoms with van der Waals surface area (Å²) in [5.41, 5.74) is 0.271. The number of benzene rings is 1. The van der Waals surface area contributed by atoms with E-state index in [1.165, 1.54) is 15.9 Å². The average molecular weight is 349 g/mol. The molecule has 6 nitrogen and oxygen atoms in total. The first-order chi connectivity index (χ1) is 12.1. The number of carbonyl (C=O) groups excluding carboxylic acids is 2. The van der Waals surface area contributed by atoms with Crippen LogP contribution in [-0.2, 0) is 14.3 Å². The molecule has 2 aliphatic heterocycles. The van der Waals surface area contributed by atoms with E-state index in [1.807, 2.05) is 0 Å². The fourth-order valence-electron chi connectivity index (χ4n) is 3.38. The second-order valence-electron chi connectivity index (χ2n) is 6.52. The number of likely N-dealkylation sites (N-methyl/N-ethyl adjacent to an activating group) is 1. The zero-order valence-electron chi connectivity index (χ0n) is 14.4. The maximum absolute atomic E-state index is 13.9. The van der Waals surface area contributed by atoms with E-state index in [9.17, 15) is 14.0 Å². The second kappa shape index (κ2) is 7.93. The summed E-state index contributed by atoms with van der Waals surface area (Å²) >= 11 is 0. The Kier molecular flexibility index (Phi) is 5.65. The van der Waals surface area contributed by atoms with Crippen LogP contribution in [0.15, 0.2) is 24.3 Å². The van der Waals surface area contributed by atoms with Gasteiger partial charge in [0.15, 0.2) is 0 Å². The Hall–Kier alpha value is -1.99. The zero-order chi connectivity index (χ0) is 17.8. The minimum atomic E-state index is -0.545. The molecule has 2 amide bonds. The number of carbonyl (C=O) groups is 2.